The number of aromatic nitrogens is 1. The molecule has 0 saturated carbocycles. The van der Waals surface area contributed by atoms with Crippen molar-refractivity contribution < 1.29 is 14.5 Å². The van der Waals surface area contributed by atoms with E-state index in [0.29, 0.717) is 5.69 Å². The molecule has 1 aromatic heterocycles. The number of benzene rings is 1. The number of nitrogens with one attached hydrogen (secondary N) is 1. The van der Waals surface area contributed by atoms with E-state index >= 15 is 0 Å². The summed E-state index contributed by atoms with van der Waals surface area (Å²) in [6.07, 6.45) is 2.98. The molecule has 1 amide bonds. The highest BCUT2D eigenvalue weighted by molar-refractivity contribution is 5.81. The fourth-order valence-corrected chi connectivity index (χ4v) is 1.69. The first-order valence-corrected chi connectivity index (χ1v) is 6.67. The quantitative estimate of drug-likeness (QED) is 0.497. The molecule has 0 aliphatic rings. The second kappa shape index (κ2) is 7.64. The number of carbonyl (C=O) groups is 1. The summed E-state index contributed by atoms with van der Waals surface area (Å²) >= 11 is 0. The van der Waals surface area contributed by atoms with E-state index < -0.39 is 10.8 Å². The number of carbonyl (C=O) groups excluding carboxylic acids is 1. The van der Waals surface area contributed by atoms with Gasteiger partial charge >= 0.3 is 5.69 Å². The third-order valence-electron chi connectivity index (χ3n) is 2.74. The van der Waals surface area contributed by atoms with Crippen molar-refractivity contribution in [1.29, 1.82) is 0 Å². The number of aryl methyl sites for hydroxylation is 1. The van der Waals surface area contributed by atoms with Crippen LogP contribution >= 0.6 is 0 Å². The van der Waals surface area contributed by atoms with Crippen LogP contribution in [0.2, 0.25) is 0 Å². The van der Waals surface area contributed by atoms with E-state index in [-0.39, 0.29) is 18.0 Å². The third-order valence-corrected chi connectivity index (χ3v) is 2.74. The van der Waals surface area contributed by atoms with E-state index in [9.17, 15) is 14.9 Å². The Kier molecular flexibility index (Phi) is 5.35. The minimum absolute atomic E-state index is 0.0319. The van der Waals surface area contributed by atoms with Gasteiger partial charge in [-0.15, -0.1) is 0 Å². The molecule has 0 radical (unpaired) electrons. The zero-order valence-corrected chi connectivity index (χ0v) is 12.3. The van der Waals surface area contributed by atoms with Crippen LogP contribution in [0.25, 0.3) is 0 Å². The molecule has 0 bridgehead atoms. The van der Waals surface area contributed by atoms with Gasteiger partial charge in [-0.2, -0.15) is 5.10 Å². The van der Waals surface area contributed by atoms with Gasteiger partial charge < -0.3 is 4.74 Å². The Morgan fingerprint density at radius 2 is 2.26 bits per heavy atom. The van der Waals surface area contributed by atoms with Crippen LogP contribution in [-0.4, -0.2) is 28.6 Å². The Labute approximate surface area is 132 Å². The summed E-state index contributed by atoms with van der Waals surface area (Å²) in [5.41, 5.74) is 3.39. The fraction of sp³-hybridized carbons (Fsp3) is 0.133. The number of hydrazone groups is 1. The zero-order chi connectivity index (χ0) is 16.7. The van der Waals surface area contributed by atoms with Crippen molar-refractivity contribution in [3.63, 3.8) is 0 Å². The Morgan fingerprint density at radius 3 is 2.96 bits per heavy atom. The zero-order valence-electron chi connectivity index (χ0n) is 12.3. The van der Waals surface area contributed by atoms with Gasteiger partial charge in [-0.3, -0.25) is 19.9 Å². The largest absolute Gasteiger partial charge is 0.477 e. The van der Waals surface area contributed by atoms with Gasteiger partial charge in [-0.25, -0.2) is 5.43 Å². The van der Waals surface area contributed by atoms with Crippen LogP contribution in [0, 0.1) is 17.0 Å². The second-order valence-corrected chi connectivity index (χ2v) is 4.56. The van der Waals surface area contributed by atoms with Gasteiger partial charge in [0.15, 0.2) is 12.4 Å². The molecule has 2 rings (SSSR count). The van der Waals surface area contributed by atoms with Crippen LogP contribution in [-0.2, 0) is 4.79 Å². The molecule has 0 atom stereocenters. The van der Waals surface area contributed by atoms with Crippen LogP contribution in [0.5, 0.6) is 5.75 Å². The molecule has 0 fully saturated rings. The Bertz CT molecular complexity index is 732. The van der Waals surface area contributed by atoms with E-state index in [1.165, 1.54) is 18.3 Å². The van der Waals surface area contributed by atoms with Crippen LogP contribution in [0.1, 0.15) is 11.3 Å². The molecule has 8 nitrogen and oxygen atoms in total. The van der Waals surface area contributed by atoms with Gasteiger partial charge in [0, 0.05) is 12.3 Å². The van der Waals surface area contributed by atoms with Gasteiger partial charge in [-0.1, -0.05) is 12.1 Å². The molecular formula is C15H14N4O4. The number of nitrogens with zero attached hydrogens (tertiary/aromatic N) is 3. The summed E-state index contributed by atoms with van der Waals surface area (Å²) in [7, 11) is 0. The van der Waals surface area contributed by atoms with Crippen molar-refractivity contribution in [2.45, 2.75) is 6.92 Å². The topological polar surface area (TPSA) is 107 Å². The van der Waals surface area contributed by atoms with Gasteiger partial charge in [0.2, 0.25) is 0 Å². The van der Waals surface area contributed by atoms with E-state index in [2.05, 4.69) is 15.5 Å². The Morgan fingerprint density at radius 1 is 1.43 bits per heavy atom. The lowest BCUT2D eigenvalue weighted by atomic mass is 10.2. The molecular weight excluding hydrogens is 300 g/mol. The highest BCUT2D eigenvalue weighted by Gasteiger charge is 2.16. The minimum atomic E-state index is -0.556. The SMILES string of the molecule is Cc1ccc(OCC(=O)N/N=C\c2ccccn2)c([N+](=O)[O-])c1. The van der Waals surface area contributed by atoms with Crippen molar-refractivity contribution in [2.24, 2.45) is 5.10 Å². The van der Waals surface area contributed by atoms with Crippen LogP contribution in [0.15, 0.2) is 47.7 Å². The predicted octanol–water partition coefficient (Wildman–Crippen LogP) is 1.83. The molecule has 0 aliphatic carbocycles. The highest BCUT2D eigenvalue weighted by atomic mass is 16.6. The normalized spacial score (nSPS) is 10.5. The maximum absolute atomic E-state index is 11.6. The number of hydrogen-bond donors (Lipinski definition) is 1. The Hall–Kier alpha value is -3.29. The van der Waals surface area contributed by atoms with E-state index in [1.807, 2.05) is 0 Å². The van der Waals surface area contributed by atoms with Gasteiger partial charge in [0.05, 0.1) is 16.8 Å². The number of amides is 1. The average Bonchev–Trinajstić information content (AvgIpc) is 2.54. The van der Waals surface area contributed by atoms with Crippen molar-refractivity contribution >= 4 is 17.8 Å². The summed E-state index contributed by atoms with van der Waals surface area (Å²) < 4.78 is 5.17. The smallest absolute Gasteiger partial charge is 0.311 e. The third kappa shape index (κ3) is 4.88. The standard InChI is InChI=1S/C15H14N4O4/c1-11-5-6-14(13(8-11)19(21)22)23-10-15(20)18-17-9-12-4-2-3-7-16-12/h2-9H,10H2,1H3,(H,18,20)/b17-9-. The van der Waals surface area contributed by atoms with Crippen molar-refractivity contribution in [3.05, 3.63) is 64.0 Å². The number of ether oxygens (including phenoxy) is 1. The van der Waals surface area contributed by atoms with Crippen LogP contribution in [0.3, 0.4) is 0 Å². The molecule has 0 aliphatic heterocycles. The number of nitro groups is 1. The molecule has 118 valence electrons. The van der Waals surface area contributed by atoms with Gasteiger partial charge in [0.25, 0.3) is 5.91 Å². The summed E-state index contributed by atoms with van der Waals surface area (Å²) in [6.45, 7) is 1.35. The highest BCUT2D eigenvalue weighted by Crippen LogP contribution is 2.27. The lowest BCUT2D eigenvalue weighted by Gasteiger charge is -2.06. The molecule has 8 heteroatoms. The molecule has 23 heavy (non-hydrogen) atoms. The predicted molar refractivity (Wildman–Crippen MR) is 83.3 cm³/mol. The molecule has 2 aromatic rings. The minimum Gasteiger partial charge on any atom is -0.477 e. The molecule has 1 aromatic carbocycles. The average molecular weight is 314 g/mol. The number of nitro benzene ring substituents is 1. The number of pyridine rings is 1. The molecule has 0 saturated heterocycles. The summed E-state index contributed by atoms with van der Waals surface area (Å²) in [4.78, 5) is 26.0. The fourth-order valence-electron chi connectivity index (χ4n) is 1.69. The molecule has 1 heterocycles. The van der Waals surface area contributed by atoms with E-state index in [4.69, 9.17) is 4.74 Å². The lowest BCUT2D eigenvalue weighted by Crippen LogP contribution is -2.24. The van der Waals surface area contributed by atoms with Gasteiger partial charge in [0.1, 0.15) is 0 Å². The Balaban J connectivity index is 1.90. The monoisotopic (exact) mass is 314 g/mol. The van der Waals surface area contributed by atoms with Crippen LogP contribution in [0.4, 0.5) is 5.69 Å². The van der Waals surface area contributed by atoms with Crippen molar-refractivity contribution in [3.8, 4) is 5.75 Å². The molecule has 0 spiro atoms. The van der Waals surface area contributed by atoms with Crippen molar-refractivity contribution in [2.75, 3.05) is 6.61 Å². The first kappa shape index (κ1) is 16.1. The maximum atomic E-state index is 11.6. The van der Waals surface area contributed by atoms with Crippen molar-refractivity contribution in [1.82, 2.24) is 10.4 Å². The number of rotatable bonds is 6. The molecule has 1 N–H and O–H groups in total. The van der Waals surface area contributed by atoms with E-state index in [0.717, 1.165) is 5.56 Å². The summed E-state index contributed by atoms with van der Waals surface area (Å²) in [5.74, 6) is -0.503. The van der Waals surface area contributed by atoms with E-state index in [1.54, 1.807) is 37.4 Å². The molecule has 0 unspecified atom stereocenters. The number of hydrogen-bond acceptors (Lipinski definition) is 6. The second-order valence-electron chi connectivity index (χ2n) is 4.56. The maximum Gasteiger partial charge on any atom is 0.311 e. The summed E-state index contributed by atoms with van der Waals surface area (Å²) in [6, 6.07) is 9.78. The summed E-state index contributed by atoms with van der Waals surface area (Å²) in [5, 5.41) is 14.7. The van der Waals surface area contributed by atoms with Crippen LogP contribution < -0.4 is 10.2 Å². The first-order valence-electron chi connectivity index (χ1n) is 6.67. The van der Waals surface area contributed by atoms with Gasteiger partial charge in [-0.05, 0) is 30.7 Å². The first-order chi connectivity index (χ1) is 11.1. The lowest BCUT2D eigenvalue weighted by molar-refractivity contribution is -0.385.